The van der Waals surface area contributed by atoms with E-state index in [1.165, 1.54) is 38.5 Å². The molecule has 0 bridgehead atoms. The number of carbonyl (C=O) groups is 1. The fourth-order valence-corrected chi connectivity index (χ4v) is 2.03. The predicted octanol–water partition coefficient (Wildman–Crippen LogP) is 2.22. The summed E-state index contributed by atoms with van der Waals surface area (Å²) in [6.07, 6.45) is 9.73. The van der Waals surface area contributed by atoms with Gasteiger partial charge in [0.05, 0.1) is 0 Å². The van der Waals surface area contributed by atoms with Gasteiger partial charge in [0.2, 0.25) is 5.91 Å². The lowest BCUT2D eigenvalue weighted by atomic mass is 10.00. The molecule has 0 heterocycles. The highest BCUT2D eigenvalue weighted by Gasteiger charge is 2.13. The third kappa shape index (κ3) is 3.74. The molecule has 1 aliphatic carbocycles. The molecule has 0 radical (unpaired) electrons. The lowest BCUT2D eigenvalue weighted by Crippen LogP contribution is -2.09. The van der Waals surface area contributed by atoms with Crippen LogP contribution in [0.15, 0.2) is 0 Å². The highest BCUT2D eigenvalue weighted by Crippen LogP contribution is 2.28. The maximum atomic E-state index is 10.4. The zero-order chi connectivity index (χ0) is 8.81. The van der Waals surface area contributed by atoms with E-state index in [9.17, 15) is 4.79 Å². The highest BCUT2D eigenvalue weighted by atomic mass is 16.1. The summed E-state index contributed by atoms with van der Waals surface area (Å²) < 4.78 is 0. The molecule has 1 saturated carbocycles. The lowest BCUT2D eigenvalue weighted by molar-refractivity contribution is -0.118. The van der Waals surface area contributed by atoms with Gasteiger partial charge in [0.1, 0.15) is 0 Å². The summed E-state index contributed by atoms with van der Waals surface area (Å²) in [6, 6.07) is 0. The second-order valence-electron chi connectivity index (χ2n) is 3.86. The van der Waals surface area contributed by atoms with Gasteiger partial charge in [-0.1, -0.05) is 38.5 Å². The van der Waals surface area contributed by atoms with Crippen LogP contribution in [0, 0.1) is 5.92 Å². The van der Waals surface area contributed by atoms with Crippen LogP contribution in [-0.2, 0) is 4.79 Å². The normalized spacial score (nSPS) is 18.3. The summed E-state index contributed by atoms with van der Waals surface area (Å²) in [5, 5.41) is 0. The van der Waals surface area contributed by atoms with Crippen LogP contribution in [0.5, 0.6) is 0 Å². The lowest BCUT2D eigenvalue weighted by Gasteiger charge is -2.06. The fraction of sp³-hybridized carbons (Fsp3) is 0.900. The molecule has 1 fully saturated rings. The van der Waals surface area contributed by atoms with Gasteiger partial charge in [-0.05, 0) is 12.3 Å². The zero-order valence-corrected chi connectivity index (χ0v) is 7.72. The molecule has 2 nitrogen and oxygen atoms in total. The first kappa shape index (κ1) is 9.56. The molecule has 0 aromatic rings. The summed E-state index contributed by atoms with van der Waals surface area (Å²) >= 11 is 0. The standard InChI is InChI=1S/C10H19NO/c11-10(12)8-4-3-7-9-5-1-2-6-9/h9H,1-8H2,(H2,11,12). The van der Waals surface area contributed by atoms with Crippen molar-refractivity contribution in [3.8, 4) is 0 Å². The topological polar surface area (TPSA) is 43.1 Å². The van der Waals surface area contributed by atoms with Crippen molar-refractivity contribution < 1.29 is 4.79 Å². The molecule has 70 valence electrons. The Hall–Kier alpha value is -0.530. The van der Waals surface area contributed by atoms with Crippen molar-refractivity contribution in [2.75, 3.05) is 0 Å². The first-order valence-electron chi connectivity index (χ1n) is 5.07. The van der Waals surface area contributed by atoms with Gasteiger partial charge in [0, 0.05) is 6.42 Å². The zero-order valence-electron chi connectivity index (χ0n) is 7.72. The van der Waals surface area contributed by atoms with Gasteiger partial charge in [-0.25, -0.2) is 0 Å². The Bertz CT molecular complexity index is 139. The molecule has 0 aliphatic heterocycles. The van der Waals surface area contributed by atoms with Crippen LogP contribution >= 0.6 is 0 Å². The van der Waals surface area contributed by atoms with E-state index in [0.29, 0.717) is 6.42 Å². The molecule has 0 spiro atoms. The third-order valence-corrected chi connectivity index (χ3v) is 2.76. The molecule has 1 rings (SSSR count). The summed E-state index contributed by atoms with van der Waals surface area (Å²) in [4.78, 5) is 10.4. The predicted molar refractivity (Wildman–Crippen MR) is 49.6 cm³/mol. The van der Waals surface area contributed by atoms with Gasteiger partial charge in [-0.15, -0.1) is 0 Å². The smallest absolute Gasteiger partial charge is 0.217 e. The third-order valence-electron chi connectivity index (χ3n) is 2.76. The average Bonchev–Trinajstić information content (AvgIpc) is 2.49. The number of hydrogen-bond acceptors (Lipinski definition) is 1. The van der Waals surface area contributed by atoms with Gasteiger partial charge in [0.25, 0.3) is 0 Å². The minimum atomic E-state index is -0.151. The largest absolute Gasteiger partial charge is 0.370 e. The van der Waals surface area contributed by atoms with Crippen molar-refractivity contribution in [1.82, 2.24) is 0 Å². The minimum absolute atomic E-state index is 0.151. The maximum absolute atomic E-state index is 10.4. The number of nitrogens with two attached hydrogens (primary N) is 1. The molecule has 0 saturated heterocycles. The Morgan fingerprint density at radius 1 is 1.25 bits per heavy atom. The van der Waals surface area contributed by atoms with Gasteiger partial charge in [0.15, 0.2) is 0 Å². The van der Waals surface area contributed by atoms with Crippen LogP contribution < -0.4 is 5.73 Å². The Kier molecular flexibility index (Phi) is 4.12. The molecule has 1 aliphatic rings. The molecule has 0 unspecified atom stereocenters. The van der Waals surface area contributed by atoms with Crippen LogP contribution in [0.3, 0.4) is 0 Å². The van der Waals surface area contributed by atoms with Crippen molar-refractivity contribution in [2.45, 2.75) is 51.4 Å². The minimum Gasteiger partial charge on any atom is -0.370 e. The molecule has 2 N–H and O–H groups in total. The van der Waals surface area contributed by atoms with Crippen molar-refractivity contribution in [3.05, 3.63) is 0 Å². The van der Waals surface area contributed by atoms with E-state index < -0.39 is 0 Å². The number of unbranched alkanes of at least 4 members (excludes halogenated alkanes) is 1. The monoisotopic (exact) mass is 169 g/mol. The van der Waals surface area contributed by atoms with E-state index in [4.69, 9.17) is 5.73 Å². The molecular formula is C10H19NO. The van der Waals surface area contributed by atoms with Crippen molar-refractivity contribution in [2.24, 2.45) is 11.7 Å². The Morgan fingerprint density at radius 2 is 1.92 bits per heavy atom. The molecular weight excluding hydrogens is 150 g/mol. The first-order valence-corrected chi connectivity index (χ1v) is 5.07. The molecule has 0 aromatic heterocycles. The van der Waals surface area contributed by atoms with E-state index in [2.05, 4.69) is 0 Å². The number of rotatable bonds is 5. The second kappa shape index (κ2) is 5.18. The highest BCUT2D eigenvalue weighted by molar-refractivity contribution is 5.73. The maximum Gasteiger partial charge on any atom is 0.217 e. The Morgan fingerprint density at radius 3 is 2.50 bits per heavy atom. The van der Waals surface area contributed by atoms with Crippen LogP contribution in [-0.4, -0.2) is 5.91 Å². The quantitative estimate of drug-likeness (QED) is 0.630. The first-order chi connectivity index (χ1) is 5.79. The molecule has 0 aromatic carbocycles. The fourth-order valence-electron chi connectivity index (χ4n) is 2.03. The Balaban J connectivity index is 1.91. The van der Waals surface area contributed by atoms with Crippen LogP contribution in [0.1, 0.15) is 51.4 Å². The van der Waals surface area contributed by atoms with Crippen LogP contribution in [0.25, 0.3) is 0 Å². The van der Waals surface area contributed by atoms with E-state index in [1.54, 1.807) is 0 Å². The summed E-state index contributed by atoms with van der Waals surface area (Å²) in [5.41, 5.74) is 5.05. The molecule has 0 atom stereocenters. The average molecular weight is 169 g/mol. The van der Waals surface area contributed by atoms with Crippen molar-refractivity contribution in [1.29, 1.82) is 0 Å². The van der Waals surface area contributed by atoms with Gasteiger partial charge in [-0.2, -0.15) is 0 Å². The SMILES string of the molecule is NC(=O)CCCCC1CCCC1. The second-order valence-corrected chi connectivity index (χ2v) is 3.86. The summed E-state index contributed by atoms with van der Waals surface area (Å²) in [7, 11) is 0. The van der Waals surface area contributed by atoms with Crippen molar-refractivity contribution >= 4 is 5.91 Å². The van der Waals surface area contributed by atoms with Crippen molar-refractivity contribution in [3.63, 3.8) is 0 Å². The van der Waals surface area contributed by atoms with E-state index in [0.717, 1.165) is 12.3 Å². The van der Waals surface area contributed by atoms with E-state index in [1.807, 2.05) is 0 Å². The van der Waals surface area contributed by atoms with Crippen LogP contribution in [0.2, 0.25) is 0 Å². The van der Waals surface area contributed by atoms with Gasteiger partial charge < -0.3 is 5.73 Å². The number of carbonyl (C=O) groups excluding carboxylic acids is 1. The molecule has 2 heteroatoms. The van der Waals surface area contributed by atoms with Gasteiger partial charge >= 0.3 is 0 Å². The molecule has 12 heavy (non-hydrogen) atoms. The van der Waals surface area contributed by atoms with Gasteiger partial charge in [-0.3, -0.25) is 4.79 Å². The van der Waals surface area contributed by atoms with E-state index in [-0.39, 0.29) is 5.91 Å². The summed E-state index contributed by atoms with van der Waals surface area (Å²) in [5.74, 6) is 0.805. The molecule has 1 amide bonds. The van der Waals surface area contributed by atoms with Crippen LogP contribution in [0.4, 0.5) is 0 Å². The number of primary amides is 1. The number of hydrogen-bond donors (Lipinski definition) is 1. The number of amides is 1. The summed E-state index contributed by atoms with van der Waals surface area (Å²) in [6.45, 7) is 0. The Labute approximate surface area is 74.5 Å². The van der Waals surface area contributed by atoms with E-state index >= 15 is 0 Å².